The van der Waals surface area contributed by atoms with Gasteiger partial charge in [-0.1, -0.05) is 0 Å². The van der Waals surface area contributed by atoms with E-state index in [0.29, 0.717) is 19.8 Å². The first-order valence-corrected chi connectivity index (χ1v) is 7.59. The van der Waals surface area contributed by atoms with E-state index in [9.17, 15) is 0 Å². The van der Waals surface area contributed by atoms with Crippen LogP contribution in [0.15, 0.2) is 21.1 Å². The van der Waals surface area contributed by atoms with Gasteiger partial charge in [-0.15, -0.1) is 0 Å². The third-order valence-electron chi connectivity index (χ3n) is 2.34. The van der Waals surface area contributed by atoms with Gasteiger partial charge in [0.1, 0.15) is 0 Å². The smallest absolute Gasteiger partial charge is 0.174 e. The standard InChI is InChI=1S/C13H19Br2NO2/c1-4-17-12(18-5-2)8-16-13-10(14)6-9(3)7-11(13)15/h6-7,12,16H,4-5,8H2,1-3H3. The lowest BCUT2D eigenvalue weighted by Gasteiger charge is -2.19. The van der Waals surface area contributed by atoms with E-state index in [2.05, 4.69) is 56.2 Å². The van der Waals surface area contributed by atoms with Crippen LogP contribution in [0.2, 0.25) is 0 Å². The number of halogens is 2. The van der Waals surface area contributed by atoms with Gasteiger partial charge in [-0.3, -0.25) is 0 Å². The summed E-state index contributed by atoms with van der Waals surface area (Å²) in [6.07, 6.45) is -0.222. The van der Waals surface area contributed by atoms with Crippen LogP contribution in [0.1, 0.15) is 19.4 Å². The molecule has 1 N–H and O–H groups in total. The maximum Gasteiger partial charge on any atom is 0.174 e. The quantitative estimate of drug-likeness (QED) is 0.714. The van der Waals surface area contributed by atoms with Gasteiger partial charge in [0.2, 0.25) is 0 Å². The van der Waals surface area contributed by atoms with Gasteiger partial charge in [-0.2, -0.15) is 0 Å². The minimum Gasteiger partial charge on any atom is -0.378 e. The maximum absolute atomic E-state index is 5.49. The van der Waals surface area contributed by atoms with Crippen LogP contribution in [0.5, 0.6) is 0 Å². The number of hydrogen-bond donors (Lipinski definition) is 1. The monoisotopic (exact) mass is 379 g/mol. The molecule has 1 aromatic carbocycles. The molecule has 0 aliphatic carbocycles. The molecule has 3 nitrogen and oxygen atoms in total. The van der Waals surface area contributed by atoms with E-state index < -0.39 is 0 Å². The first-order chi connectivity index (χ1) is 8.58. The molecular formula is C13H19Br2NO2. The highest BCUT2D eigenvalue weighted by atomic mass is 79.9. The van der Waals surface area contributed by atoms with Gasteiger partial charge in [-0.25, -0.2) is 0 Å². The van der Waals surface area contributed by atoms with Crippen molar-refractivity contribution >= 4 is 37.5 Å². The van der Waals surface area contributed by atoms with Gasteiger partial charge in [0.25, 0.3) is 0 Å². The number of hydrogen-bond acceptors (Lipinski definition) is 3. The lowest BCUT2D eigenvalue weighted by Crippen LogP contribution is -2.26. The number of ether oxygens (including phenoxy) is 2. The Morgan fingerprint density at radius 2 is 1.61 bits per heavy atom. The second kappa shape index (κ2) is 8.15. The number of benzene rings is 1. The van der Waals surface area contributed by atoms with E-state index in [1.807, 2.05) is 13.8 Å². The first-order valence-electron chi connectivity index (χ1n) is 6.01. The minimum absolute atomic E-state index is 0.222. The molecule has 0 fully saturated rings. The third kappa shape index (κ3) is 4.88. The Hall–Kier alpha value is -0.100. The summed E-state index contributed by atoms with van der Waals surface area (Å²) in [5, 5.41) is 3.33. The van der Waals surface area contributed by atoms with Crippen molar-refractivity contribution in [2.24, 2.45) is 0 Å². The van der Waals surface area contributed by atoms with Crippen LogP contribution in [-0.4, -0.2) is 26.0 Å². The highest BCUT2D eigenvalue weighted by Crippen LogP contribution is 2.32. The van der Waals surface area contributed by atoms with E-state index >= 15 is 0 Å². The number of aryl methyl sites for hydroxylation is 1. The van der Waals surface area contributed by atoms with Crippen LogP contribution in [0.25, 0.3) is 0 Å². The second-order valence-electron chi connectivity index (χ2n) is 3.82. The van der Waals surface area contributed by atoms with Gasteiger partial charge in [0.05, 0.1) is 12.2 Å². The van der Waals surface area contributed by atoms with Crippen molar-refractivity contribution in [3.63, 3.8) is 0 Å². The van der Waals surface area contributed by atoms with Crippen molar-refractivity contribution in [3.8, 4) is 0 Å². The van der Waals surface area contributed by atoms with Crippen molar-refractivity contribution in [1.82, 2.24) is 0 Å². The Balaban J connectivity index is 2.66. The average molecular weight is 381 g/mol. The van der Waals surface area contributed by atoms with Crippen molar-refractivity contribution in [1.29, 1.82) is 0 Å². The van der Waals surface area contributed by atoms with Crippen LogP contribution in [0, 0.1) is 6.92 Å². The van der Waals surface area contributed by atoms with E-state index in [1.165, 1.54) is 5.56 Å². The summed E-state index contributed by atoms with van der Waals surface area (Å²) in [4.78, 5) is 0. The summed E-state index contributed by atoms with van der Waals surface area (Å²) in [5.41, 5.74) is 2.22. The molecule has 1 rings (SSSR count). The zero-order valence-electron chi connectivity index (χ0n) is 10.9. The summed E-state index contributed by atoms with van der Waals surface area (Å²) >= 11 is 7.10. The molecule has 0 saturated heterocycles. The Kier molecular flexibility index (Phi) is 7.22. The van der Waals surface area contributed by atoms with Crippen LogP contribution in [0.4, 0.5) is 5.69 Å². The molecule has 0 amide bonds. The highest BCUT2D eigenvalue weighted by molar-refractivity contribution is 9.11. The molecular weight excluding hydrogens is 362 g/mol. The first kappa shape index (κ1) is 16.0. The Labute approximate surface area is 125 Å². The summed E-state index contributed by atoms with van der Waals surface area (Å²) < 4.78 is 13.0. The van der Waals surface area contributed by atoms with Gasteiger partial charge in [-0.05, 0) is 70.3 Å². The molecule has 0 saturated carbocycles. The molecule has 1 aromatic rings. The van der Waals surface area contributed by atoms with E-state index in [4.69, 9.17) is 9.47 Å². The Morgan fingerprint density at radius 1 is 1.11 bits per heavy atom. The summed E-state index contributed by atoms with van der Waals surface area (Å²) in [7, 11) is 0. The van der Waals surface area contributed by atoms with E-state index in [0.717, 1.165) is 14.6 Å². The molecule has 0 atom stereocenters. The van der Waals surface area contributed by atoms with E-state index in [1.54, 1.807) is 0 Å². The molecule has 102 valence electrons. The third-order valence-corrected chi connectivity index (χ3v) is 3.59. The van der Waals surface area contributed by atoms with Crippen molar-refractivity contribution in [2.75, 3.05) is 25.1 Å². The zero-order valence-corrected chi connectivity index (χ0v) is 14.1. The molecule has 18 heavy (non-hydrogen) atoms. The fraction of sp³-hybridized carbons (Fsp3) is 0.538. The Morgan fingerprint density at radius 3 is 2.06 bits per heavy atom. The molecule has 5 heteroatoms. The summed E-state index contributed by atoms with van der Waals surface area (Å²) in [6.45, 7) is 7.88. The summed E-state index contributed by atoms with van der Waals surface area (Å²) in [6, 6.07) is 4.15. The predicted octanol–water partition coefficient (Wildman–Crippen LogP) is 4.33. The molecule has 0 spiro atoms. The topological polar surface area (TPSA) is 30.5 Å². The largest absolute Gasteiger partial charge is 0.378 e. The minimum atomic E-state index is -0.222. The normalized spacial score (nSPS) is 11.0. The van der Waals surface area contributed by atoms with Gasteiger partial charge in [0.15, 0.2) is 6.29 Å². The average Bonchev–Trinajstić information content (AvgIpc) is 2.28. The summed E-state index contributed by atoms with van der Waals surface area (Å²) in [5.74, 6) is 0. The maximum atomic E-state index is 5.49. The molecule has 0 aliphatic rings. The lowest BCUT2D eigenvalue weighted by molar-refractivity contribution is -0.126. The van der Waals surface area contributed by atoms with Gasteiger partial charge < -0.3 is 14.8 Å². The fourth-order valence-corrected chi connectivity index (χ4v) is 3.29. The molecule has 0 heterocycles. The molecule has 0 aromatic heterocycles. The lowest BCUT2D eigenvalue weighted by atomic mass is 10.2. The van der Waals surface area contributed by atoms with Gasteiger partial charge in [0, 0.05) is 22.2 Å². The van der Waals surface area contributed by atoms with Gasteiger partial charge >= 0.3 is 0 Å². The number of anilines is 1. The van der Waals surface area contributed by atoms with Crippen LogP contribution >= 0.6 is 31.9 Å². The number of nitrogens with one attached hydrogen (secondary N) is 1. The molecule has 0 aliphatic heterocycles. The molecule has 0 radical (unpaired) electrons. The molecule has 0 bridgehead atoms. The second-order valence-corrected chi connectivity index (χ2v) is 5.53. The van der Waals surface area contributed by atoms with E-state index in [-0.39, 0.29) is 6.29 Å². The van der Waals surface area contributed by atoms with Crippen molar-refractivity contribution in [2.45, 2.75) is 27.1 Å². The van der Waals surface area contributed by atoms with Crippen LogP contribution < -0.4 is 5.32 Å². The van der Waals surface area contributed by atoms with Crippen molar-refractivity contribution in [3.05, 3.63) is 26.6 Å². The van der Waals surface area contributed by atoms with Crippen molar-refractivity contribution < 1.29 is 9.47 Å². The predicted molar refractivity (Wildman–Crippen MR) is 82.1 cm³/mol. The Bertz CT molecular complexity index is 356. The van der Waals surface area contributed by atoms with Crippen LogP contribution in [0.3, 0.4) is 0 Å². The SMILES string of the molecule is CCOC(CNc1c(Br)cc(C)cc1Br)OCC. The highest BCUT2D eigenvalue weighted by Gasteiger charge is 2.11. The zero-order chi connectivity index (χ0) is 13.5. The number of rotatable bonds is 7. The van der Waals surface area contributed by atoms with Crippen LogP contribution in [-0.2, 0) is 9.47 Å². The fourth-order valence-electron chi connectivity index (χ4n) is 1.59. The molecule has 0 unspecified atom stereocenters.